The summed E-state index contributed by atoms with van der Waals surface area (Å²) in [6.45, 7) is 0.155. The predicted octanol–water partition coefficient (Wildman–Crippen LogP) is 1.23. The first kappa shape index (κ1) is 11.0. The molecule has 0 spiro atoms. The summed E-state index contributed by atoms with van der Waals surface area (Å²) in [4.78, 5) is 11.7. The first-order valence-electron chi connectivity index (χ1n) is 5.40. The molecule has 0 aliphatic heterocycles. The molecule has 0 saturated heterocycles. The lowest BCUT2D eigenvalue weighted by molar-refractivity contribution is 0.0967. The maximum absolute atomic E-state index is 11.7. The quantitative estimate of drug-likeness (QED) is 0.579. The van der Waals surface area contributed by atoms with Crippen LogP contribution in [0.25, 0.3) is 0 Å². The second kappa shape index (κ2) is 4.53. The van der Waals surface area contributed by atoms with Crippen LogP contribution in [0.15, 0.2) is 18.2 Å². The Hall–Kier alpha value is -1.55. The van der Waals surface area contributed by atoms with E-state index in [1.165, 1.54) is 0 Å². The Kier molecular flexibility index (Phi) is 3.10. The van der Waals surface area contributed by atoms with Crippen LogP contribution in [0.3, 0.4) is 0 Å². The third kappa shape index (κ3) is 2.33. The minimum absolute atomic E-state index is 0.0534. The van der Waals surface area contributed by atoms with Gasteiger partial charge in [-0.15, -0.1) is 0 Å². The number of anilines is 1. The molecule has 1 aliphatic carbocycles. The number of hydrogen-bond acceptors (Lipinski definition) is 4. The van der Waals surface area contributed by atoms with Gasteiger partial charge >= 0.3 is 0 Å². The van der Waals surface area contributed by atoms with E-state index < -0.39 is 0 Å². The lowest BCUT2D eigenvalue weighted by Crippen LogP contribution is -2.06. The fourth-order valence-corrected chi connectivity index (χ4v) is 1.57. The molecule has 0 heterocycles. The molecule has 16 heavy (non-hydrogen) atoms. The number of nitrogens with two attached hydrogens (primary N) is 1. The molecule has 1 aromatic carbocycles. The molecule has 86 valence electrons. The SMILES string of the molecule is Nc1cc(C(=O)C2CC2)ccc1OCCO. The zero-order valence-electron chi connectivity index (χ0n) is 8.98. The summed E-state index contributed by atoms with van der Waals surface area (Å²) in [5.41, 5.74) is 6.86. The van der Waals surface area contributed by atoms with Gasteiger partial charge in [-0.2, -0.15) is 0 Å². The fourth-order valence-electron chi connectivity index (χ4n) is 1.57. The van der Waals surface area contributed by atoms with Crippen molar-refractivity contribution in [3.8, 4) is 5.75 Å². The van der Waals surface area contributed by atoms with Gasteiger partial charge in [0.05, 0.1) is 12.3 Å². The van der Waals surface area contributed by atoms with Gasteiger partial charge < -0.3 is 15.6 Å². The van der Waals surface area contributed by atoms with Crippen LogP contribution in [-0.4, -0.2) is 24.1 Å². The predicted molar refractivity (Wildman–Crippen MR) is 60.5 cm³/mol. The van der Waals surface area contributed by atoms with Crippen molar-refractivity contribution in [3.63, 3.8) is 0 Å². The highest BCUT2D eigenvalue weighted by Gasteiger charge is 2.30. The minimum Gasteiger partial charge on any atom is -0.489 e. The molecule has 0 amide bonds. The summed E-state index contributed by atoms with van der Waals surface area (Å²) < 4.78 is 5.21. The number of benzene rings is 1. The molecule has 0 radical (unpaired) electrons. The van der Waals surface area contributed by atoms with Crippen molar-refractivity contribution in [1.29, 1.82) is 0 Å². The lowest BCUT2D eigenvalue weighted by Gasteiger charge is -2.08. The van der Waals surface area contributed by atoms with Crippen LogP contribution < -0.4 is 10.5 Å². The van der Waals surface area contributed by atoms with E-state index >= 15 is 0 Å². The number of nitrogen functional groups attached to an aromatic ring is 1. The number of ketones is 1. The molecule has 1 aromatic rings. The molecule has 3 N–H and O–H groups in total. The molecule has 0 atom stereocenters. The van der Waals surface area contributed by atoms with Gasteiger partial charge in [-0.1, -0.05) is 0 Å². The summed E-state index contributed by atoms with van der Waals surface area (Å²) in [6.07, 6.45) is 1.98. The Morgan fingerprint density at radius 1 is 1.50 bits per heavy atom. The van der Waals surface area contributed by atoms with E-state index in [1.54, 1.807) is 18.2 Å². The first-order chi connectivity index (χ1) is 7.72. The number of aliphatic hydroxyl groups is 1. The van der Waals surface area contributed by atoms with E-state index in [1.807, 2.05) is 0 Å². The van der Waals surface area contributed by atoms with Gasteiger partial charge in [0.2, 0.25) is 0 Å². The van der Waals surface area contributed by atoms with E-state index in [0.29, 0.717) is 17.0 Å². The number of aliphatic hydroxyl groups excluding tert-OH is 1. The van der Waals surface area contributed by atoms with Crippen LogP contribution in [0.4, 0.5) is 5.69 Å². The minimum atomic E-state index is -0.0534. The number of rotatable bonds is 5. The van der Waals surface area contributed by atoms with E-state index in [4.69, 9.17) is 15.6 Å². The summed E-state index contributed by atoms with van der Waals surface area (Å²) >= 11 is 0. The standard InChI is InChI=1S/C12H15NO3/c13-10-7-9(12(15)8-1-2-8)3-4-11(10)16-6-5-14/h3-4,7-8,14H,1-2,5-6,13H2. The average Bonchev–Trinajstić information content (AvgIpc) is 3.10. The largest absolute Gasteiger partial charge is 0.489 e. The summed E-state index contributed by atoms with van der Waals surface area (Å²) in [5.74, 6) is 0.880. The van der Waals surface area contributed by atoms with Crippen molar-refractivity contribution in [2.75, 3.05) is 18.9 Å². The van der Waals surface area contributed by atoms with Gasteiger partial charge in [-0.3, -0.25) is 4.79 Å². The maximum Gasteiger partial charge on any atom is 0.166 e. The summed E-state index contributed by atoms with van der Waals surface area (Å²) in [5, 5.41) is 8.62. The van der Waals surface area contributed by atoms with Crippen molar-refractivity contribution >= 4 is 11.5 Å². The third-order valence-electron chi connectivity index (χ3n) is 2.59. The number of hydrogen-bond donors (Lipinski definition) is 2. The molecule has 4 nitrogen and oxygen atoms in total. The fraction of sp³-hybridized carbons (Fsp3) is 0.417. The van der Waals surface area contributed by atoms with Gasteiger partial charge in [0.25, 0.3) is 0 Å². The van der Waals surface area contributed by atoms with Crippen LogP contribution in [-0.2, 0) is 0 Å². The third-order valence-corrected chi connectivity index (χ3v) is 2.59. The van der Waals surface area contributed by atoms with E-state index in [9.17, 15) is 4.79 Å². The van der Waals surface area contributed by atoms with E-state index in [-0.39, 0.29) is 24.9 Å². The summed E-state index contributed by atoms with van der Waals surface area (Å²) in [7, 11) is 0. The second-order valence-electron chi connectivity index (χ2n) is 3.96. The molecule has 1 fully saturated rings. The van der Waals surface area contributed by atoms with E-state index in [2.05, 4.69) is 0 Å². The van der Waals surface area contributed by atoms with Gasteiger partial charge in [0, 0.05) is 11.5 Å². The summed E-state index contributed by atoms with van der Waals surface area (Å²) in [6, 6.07) is 5.05. The Labute approximate surface area is 94.0 Å². The second-order valence-corrected chi connectivity index (χ2v) is 3.96. The average molecular weight is 221 g/mol. The van der Waals surface area contributed by atoms with Crippen LogP contribution >= 0.6 is 0 Å². The molecular weight excluding hydrogens is 206 g/mol. The number of carbonyl (C=O) groups excluding carboxylic acids is 1. The van der Waals surface area contributed by atoms with Crippen molar-refractivity contribution in [2.24, 2.45) is 5.92 Å². The maximum atomic E-state index is 11.7. The Morgan fingerprint density at radius 2 is 2.25 bits per heavy atom. The highest BCUT2D eigenvalue weighted by atomic mass is 16.5. The monoisotopic (exact) mass is 221 g/mol. The lowest BCUT2D eigenvalue weighted by atomic mass is 10.1. The van der Waals surface area contributed by atoms with Crippen molar-refractivity contribution in [1.82, 2.24) is 0 Å². The van der Waals surface area contributed by atoms with Gasteiger partial charge in [0.1, 0.15) is 12.4 Å². The molecule has 0 unspecified atom stereocenters. The molecule has 0 aromatic heterocycles. The van der Waals surface area contributed by atoms with Crippen molar-refractivity contribution in [2.45, 2.75) is 12.8 Å². The van der Waals surface area contributed by atoms with Crippen molar-refractivity contribution in [3.05, 3.63) is 23.8 Å². The number of Topliss-reactive ketones (excluding diaryl/α,β-unsaturated/α-hetero) is 1. The number of ether oxygens (including phenoxy) is 1. The molecule has 1 saturated carbocycles. The molecule has 0 bridgehead atoms. The van der Waals surface area contributed by atoms with Crippen LogP contribution in [0.2, 0.25) is 0 Å². The zero-order valence-corrected chi connectivity index (χ0v) is 8.98. The Bertz CT molecular complexity index is 399. The highest BCUT2D eigenvalue weighted by Crippen LogP contribution is 2.34. The molecular formula is C12H15NO3. The van der Waals surface area contributed by atoms with Gasteiger partial charge in [-0.25, -0.2) is 0 Å². The highest BCUT2D eigenvalue weighted by molar-refractivity contribution is 6.00. The Morgan fingerprint density at radius 3 is 2.81 bits per heavy atom. The smallest absolute Gasteiger partial charge is 0.166 e. The molecule has 1 aliphatic rings. The zero-order chi connectivity index (χ0) is 11.5. The molecule has 2 rings (SSSR count). The van der Waals surface area contributed by atoms with Crippen molar-refractivity contribution < 1.29 is 14.6 Å². The normalized spacial score (nSPS) is 14.8. The van der Waals surface area contributed by atoms with Crippen LogP contribution in [0.5, 0.6) is 5.75 Å². The van der Waals surface area contributed by atoms with Crippen LogP contribution in [0.1, 0.15) is 23.2 Å². The van der Waals surface area contributed by atoms with Gasteiger partial charge in [-0.05, 0) is 31.0 Å². The Balaban J connectivity index is 2.11. The van der Waals surface area contributed by atoms with Gasteiger partial charge in [0.15, 0.2) is 5.78 Å². The number of carbonyl (C=O) groups is 1. The first-order valence-corrected chi connectivity index (χ1v) is 5.40. The van der Waals surface area contributed by atoms with E-state index in [0.717, 1.165) is 12.8 Å². The topological polar surface area (TPSA) is 72.6 Å². The van der Waals surface area contributed by atoms with Crippen LogP contribution in [0, 0.1) is 5.92 Å². The molecule has 4 heteroatoms.